The molecule has 9 heteroatoms. The first-order valence-electron chi connectivity index (χ1n) is 9.62. The highest BCUT2D eigenvalue weighted by Gasteiger charge is 2.10. The summed E-state index contributed by atoms with van der Waals surface area (Å²) in [6.45, 7) is 0. The van der Waals surface area contributed by atoms with Crippen molar-refractivity contribution in [2.75, 3.05) is 10.6 Å². The first kappa shape index (κ1) is 20.9. The van der Waals surface area contributed by atoms with Crippen LogP contribution in [-0.4, -0.2) is 27.0 Å². The first-order valence-corrected chi connectivity index (χ1v) is 9.62. The van der Waals surface area contributed by atoms with E-state index in [4.69, 9.17) is 5.21 Å². The Bertz CT molecular complexity index is 1280. The highest BCUT2D eigenvalue weighted by molar-refractivity contribution is 5.98. The van der Waals surface area contributed by atoms with Crippen LogP contribution in [-0.2, 0) is 11.2 Å². The van der Waals surface area contributed by atoms with Gasteiger partial charge in [-0.3, -0.25) is 14.8 Å². The van der Waals surface area contributed by atoms with Crippen LogP contribution < -0.4 is 16.1 Å². The molecule has 4 aromatic rings. The summed E-state index contributed by atoms with van der Waals surface area (Å²) >= 11 is 0. The molecule has 4 rings (SSSR count). The van der Waals surface area contributed by atoms with Gasteiger partial charge >= 0.3 is 0 Å². The lowest BCUT2D eigenvalue weighted by molar-refractivity contribution is -0.115. The molecule has 160 valence electrons. The highest BCUT2D eigenvalue weighted by atomic mass is 19.1. The van der Waals surface area contributed by atoms with E-state index in [0.29, 0.717) is 33.7 Å². The topological polar surface area (TPSA) is 116 Å². The van der Waals surface area contributed by atoms with E-state index in [-0.39, 0.29) is 23.7 Å². The van der Waals surface area contributed by atoms with Gasteiger partial charge in [0, 0.05) is 22.3 Å². The second kappa shape index (κ2) is 9.19. The summed E-state index contributed by atoms with van der Waals surface area (Å²) < 4.78 is 13.2. The SMILES string of the molecule is O=C(Cc1ccc(C(=O)NO)cc1)Nc1ccc2ncnc(Nc3ccc(F)cc3)c2c1. The zero-order chi connectivity index (χ0) is 22.5. The molecule has 0 saturated carbocycles. The van der Waals surface area contributed by atoms with E-state index in [1.165, 1.54) is 30.6 Å². The van der Waals surface area contributed by atoms with Gasteiger partial charge in [-0.15, -0.1) is 0 Å². The molecule has 0 fully saturated rings. The van der Waals surface area contributed by atoms with Crippen molar-refractivity contribution in [2.24, 2.45) is 0 Å². The number of amides is 2. The predicted molar refractivity (Wildman–Crippen MR) is 117 cm³/mol. The average Bonchev–Trinajstić information content (AvgIpc) is 2.81. The van der Waals surface area contributed by atoms with Crippen molar-refractivity contribution in [2.45, 2.75) is 6.42 Å². The quantitative estimate of drug-likeness (QED) is 0.273. The van der Waals surface area contributed by atoms with E-state index in [1.807, 2.05) is 0 Å². The van der Waals surface area contributed by atoms with E-state index in [0.717, 1.165) is 0 Å². The molecule has 1 aromatic heterocycles. The van der Waals surface area contributed by atoms with E-state index in [9.17, 15) is 14.0 Å². The number of hydroxylamine groups is 1. The van der Waals surface area contributed by atoms with E-state index >= 15 is 0 Å². The largest absolute Gasteiger partial charge is 0.340 e. The van der Waals surface area contributed by atoms with Gasteiger partial charge < -0.3 is 10.6 Å². The highest BCUT2D eigenvalue weighted by Crippen LogP contribution is 2.26. The third-order valence-corrected chi connectivity index (χ3v) is 4.71. The smallest absolute Gasteiger partial charge is 0.274 e. The van der Waals surface area contributed by atoms with Gasteiger partial charge in [0.1, 0.15) is 18.0 Å². The normalized spacial score (nSPS) is 10.6. The Morgan fingerprint density at radius 1 is 0.906 bits per heavy atom. The molecule has 0 aliphatic carbocycles. The molecule has 0 radical (unpaired) electrons. The molecule has 8 nitrogen and oxygen atoms in total. The Labute approximate surface area is 182 Å². The summed E-state index contributed by atoms with van der Waals surface area (Å²) in [5, 5.41) is 15.3. The summed E-state index contributed by atoms with van der Waals surface area (Å²) in [4.78, 5) is 32.4. The van der Waals surface area contributed by atoms with Crippen LogP contribution in [0.5, 0.6) is 0 Å². The minimum atomic E-state index is -0.621. The zero-order valence-electron chi connectivity index (χ0n) is 16.7. The minimum Gasteiger partial charge on any atom is -0.340 e. The Kier molecular flexibility index (Phi) is 6.00. The van der Waals surface area contributed by atoms with Crippen LogP contribution >= 0.6 is 0 Å². The maximum atomic E-state index is 13.2. The molecular weight excluding hydrogens is 413 g/mol. The lowest BCUT2D eigenvalue weighted by Gasteiger charge is -2.11. The number of hydrogen-bond acceptors (Lipinski definition) is 6. The van der Waals surface area contributed by atoms with Crippen LogP contribution in [0.2, 0.25) is 0 Å². The lowest BCUT2D eigenvalue weighted by atomic mass is 10.1. The summed E-state index contributed by atoms with van der Waals surface area (Å²) in [7, 11) is 0. The number of aromatic nitrogens is 2. The van der Waals surface area contributed by atoms with Crippen molar-refractivity contribution < 1.29 is 19.2 Å². The molecule has 4 N–H and O–H groups in total. The summed E-state index contributed by atoms with van der Waals surface area (Å²) in [5.74, 6) is -0.673. The van der Waals surface area contributed by atoms with Gasteiger partial charge in [0.15, 0.2) is 0 Å². The zero-order valence-corrected chi connectivity index (χ0v) is 16.7. The number of benzene rings is 3. The summed E-state index contributed by atoms with van der Waals surface area (Å²) in [6, 6.07) is 17.5. The van der Waals surface area contributed by atoms with Crippen molar-refractivity contribution >= 4 is 39.9 Å². The third kappa shape index (κ3) is 4.85. The van der Waals surface area contributed by atoms with Gasteiger partial charge in [-0.1, -0.05) is 12.1 Å². The van der Waals surface area contributed by atoms with Gasteiger partial charge in [0.05, 0.1) is 11.9 Å². The number of rotatable bonds is 6. The fraction of sp³-hybridized carbons (Fsp3) is 0.0435. The van der Waals surface area contributed by atoms with Crippen molar-refractivity contribution in [3.8, 4) is 0 Å². The molecule has 3 aromatic carbocycles. The standard InChI is InChI=1S/C23H18FN5O3/c24-16-5-7-17(8-6-16)28-22-19-12-18(9-10-20(19)25-13-26-22)27-21(30)11-14-1-3-15(4-2-14)23(31)29-32/h1-10,12-13,32H,11H2,(H,27,30)(H,29,31)(H,25,26,28). The fourth-order valence-electron chi connectivity index (χ4n) is 3.13. The molecule has 0 aliphatic rings. The summed E-state index contributed by atoms with van der Waals surface area (Å²) in [6.07, 6.45) is 1.53. The Balaban J connectivity index is 1.50. The lowest BCUT2D eigenvalue weighted by Crippen LogP contribution is -2.18. The molecule has 32 heavy (non-hydrogen) atoms. The summed E-state index contributed by atoms with van der Waals surface area (Å²) in [5.41, 5.74) is 4.47. The van der Waals surface area contributed by atoms with E-state index in [1.54, 1.807) is 47.9 Å². The monoisotopic (exact) mass is 431 g/mol. The van der Waals surface area contributed by atoms with Crippen LogP contribution in [0.15, 0.2) is 73.1 Å². The number of anilines is 3. The maximum Gasteiger partial charge on any atom is 0.274 e. The van der Waals surface area contributed by atoms with Crippen LogP contribution in [0.3, 0.4) is 0 Å². The number of hydrogen-bond donors (Lipinski definition) is 4. The van der Waals surface area contributed by atoms with Gasteiger partial charge in [0.2, 0.25) is 5.91 Å². The minimum absolute atomic E-state index is 0.102. The Hall–Kier alpha value is -4.37. The number of fused-ring (bicyclic) bond motifs is 1. The van der Waals surface area contributed by atoms with Gasteiger partial charge in [0.25, 0.3) is 5.91 Å². The number of carbonyl (C=O) groups excluding carboxylic acids is 2. The van der Waals surface area contributed by atoms with Gasteiger partial charge in [-0.05, 0) is 60.2 Å². The molecular formula is C23H18FN5O3. The molecule has 0 unspecified atom stereocenters. The second-order valence-electron chi connectivity index (χ2n) is 6.95. The molecule has 2 amide bonds. The molecule has 0 saturated heterocycles. The number of nitrogens with one attached hydrogen (secondary N) is 3. The van der Waals surface area contributed by atoms with Crippen molar-refractivity contribution in [3.63, 3.8) is 0 Å². The molecule has 0 spiro atoms. The fourth-order valence-corrected chi connectivity index (χ4v) is 3.13. The van der Waals surface area contributed by atoms with Crippen molar-refractivity contribution in [3.05, 3.63) is 90.0 Å². The van der Waals surface area contributed by atoms with E-state index in [2.05, 4.69) is 20.6 Å². The van der Waals surface area contributed by atoms with Crippen LogP contribution in [0.25, 0.3) is 10.9 Å². The number of halogens is 1. The third-order valence-electron chi connectivity index (χ3n) is 4.71. The second-order valence-corrected chi connectivity index (χ2v) is 6.95. The number of carbonyl (C=O) groups is 2. The predicted octanol–water partition coefficient (Wildman–Crippen LogP) is 3.81. The van der Waals surface area contributed by atoms with Crippen LogP contribution in [0.1, 0.15) is 15.9 Å². The first-order chi connectivity index (χ1) is 15.5. The number of nitrogens with zero attached hydrogens (tertiary/aromatic N) is 2. The average molecular weight is 431 g/mol. The van der Waals surface area contributed by atoms with Crippen molar-refractivity contribution in [1.82, 2.24) is 15.4 Å². The van der Waals surface area contributed by atoms with Crippen LogP contribution in [0.4, 0.5) is 21.6 Å². The van der Waals surface area contributed by atoms with Crippen LogP contribution in [0, 0.1) is 5.82 Å². The maximum absolute atomic E-state index is 13.2. The molecule has 0 bridgehead atoms. The molecule has 1 heterocycles. The Morgan fingerprint density at radius 2 is 1.62 bits per heavy atom. The molecule has 0 aliphatic heterocycles. The van der Waals surface area contributed by atoms with E-state index < -0.39 is 5.91 Å². The van der Waals surface area contributed by atoms with Gasteiger partial charge in [-0.25, -0.2) is 19.8 Å². The van der Waals surface area contributed by atoms with Gasteiger partial charge in [-0.2, -0.15) is 0 Å². The molecule has 0 atom stereocenters. The Morgan fingerprint density at radius 3 is 2.34 bits per heavy atom. The van der Waals surface area contributed by atoms with Crippen molar-refractivity contribution in [1.29, 1.82) is 0 Å².